The summed E-state index contributed by atoms with van der Waals surface area (Å²) in [5.74, 6) is -0.203. The second-order valence-electron chi connectivity index (χ2n) is 5.05. The Morgan fingerprint density at radius 2 is 1.64 bits per heavy atom. The summed E-state index contributed by atoms with van der Waals surface area (Å²) in [5, 5.41) is 7.84. The molecule has 2 rings (SSSR count). The topological polar surface area (TPSA) is 84.2 Å². The number of benzene rings is 2. The van der Waals surface area contributed by atoms with Crippen molar-refractivity contribution in [3.63, 3.8) is 0 Å². The van der Waals surface area contributed by atoms with Gasteiger partial charge in [0.1, 0.15) is 0 Å². The molecule has 2 amide bonds. The van der Waals surface area contributed by atoms with E-state index in [9.17, 15) is 9.59 Å². The van der Waals surface area contributed by atoms with Crippen LogP contribution in [0.1, 0.15) is 18.4 Å². The minimum absolute atomic E-state index is 0.0824. The molecule has 0 heterocycles. The minimum Gasteiger partial charge on any atom is -0.356 e. The van der Waals surface area contributed by atoms with E-state index in [0.717, 1.165) is 16.3 Å². The number of hydrogen-bond donors (Lipinski definition) is 3. The molecule has 0 saturated heterocycles. The monoisotopic (exact) mass is 299 g/mol. The van der Waals surface area contributed by atoms with Crippen molar-refractivity contribution in [3.05, 3.63) is 48.0 Å². The first-order chi connectivity index (χ1) is 10.7. The molecule has 0 bridgehead atoms. The fourth-order valence-corrected chi connectivity index (χ4v) is 2.26. The van der Waals surface area contributed by atoms with Gasteiger partial charge in [-0.1, -0.05) is 42.5 Å². The average Bonchev–Trinajstić information content (AvgIpc) is 2.53. The van der Waals surface area contributed by atoms with Gasteiger partial charge in [-0.2, -0.15) is 0 Å². The Bertz CT molecular complexity index is 650. The molecule has 4 N–H and O–H groups in total. The average molecular weight is 299 g/mol. The standard InChI is InChI=1S/C17H21N3O2/c18-10-8-16(21)19-11-9-17(22)20-12-14-6-3-5-13-4-1-2-7-15(13)14/h1-7H,8-12,18H2,(H,19,21)(H,20,22). The van der Waals surface area contributed by atoms with Crippen molar-refractivity contribution in [2.45, 2.75) is 19.4 Å². The fourth-order valence-electron chi connectivity index (χ4n) is 2.26. The summed E-state index contributed by atoms with van der Waals surface area (Å²) >= 11 is 0. The molecule has 0 atom stereocenters. The molecule has 116 valence electrons. The van der Waals surface area contributed by atoms with Gasteiger partial charge in [-0.25, -0.2) is 0 Å². The summed E-state index contributed by atoms with van der Waals surface area (Å²) in [5.41, 5.74) is 6.36. The van der Waals surface area contributed by atoms with Crippen molar-refractivity contribution in [2.24, 2.45) is 5.73 Å². The molecule has 0 spiro atoms. The summed E-state index contributed by atoms with van der Waals surface area (Å²) in [6.07, 6.45) is 0.554. The third-order valence-electron chi connectivity index (χ3n) is 3.40. The summed E-state index contributed by atoms with van der Waals surface area (Å²) < 4.78 is 0. The lowest BCUT2D eigenvalue weighted by Crippen LogP contribution is -2.31. The van der Waals surface area contributed by atoms with E-state index in [-0.39, 0.29) is 24.7 Å². The maximum atomic E-state index is 11.8. The Balaban J connectivity index is 1.82. The lowest BCUT2D eigenvalue weighted by Gasteiger charge is -2.09. The van der Waals surface area contributed by atoms with E-state index < -0.39 is 0 Å². The van der Waals surface area contributed by atoms with Crippen molar-refractivity contribution in [3.8, 4) is 0 Å². The molecular formula is C17H21N3O2. The zero-order valence-corrected chi connectivity index (χ0v) is 12.5. The number of carbonyl (C=O) groups excluding carboxylic acids is 2. The van der Waals surface area contributed by atoms with Crippen LogP contribution in [0.4, 0.5) is 0 Å². The number of nitrogens with one attached hydrogen (secondary N) is 2. The highest BCUT2D eigenvalue weighted by Crippen LogP contribution is 2.18. The number of hydrogen-bond acceptors (Lipinski definition) is 3. The predicted molar refractivity (Wildman–Crippen MR) is 87.1 cm³/mol. The smallest absolute Gasteiger partial charge is 0.222 e. The Morgan fingerprint density at radius 3 is 2.45 bits per heavy atom. The van der Waals surface area contributed by atoms with Gasteiger partial charge in [-0.05, 0) is 16.3 Å². The maximum absolute atomic E-state index is 11.8. The van der Waals surface area contributed by atoms with Crippen LogP contribution in [-0.4, -0.2) is 24.9 Å². The molecule has 0 saturated carbocycles. The molecule has 0 aliphatic heterocycles. The van der Waals surface area contributed by atoms with Crippen molar-refractivity contribution < 1.29 is 9.59 Å². The molecule has 5 heteroatoms. The van der Waals surface area contributed by atoms with Crippen molar-refractivity contribution in [1.82, 2.24) is 10.6 Å². The molecule has 0 radical (unpaired) electrons. The van der Waals surface area contributed by atoms with Crippen LogP contribution in [0.2, 0.25) is 0 Å². The zero-order valence-electron chi connectivity index (χ0n) is 12.5. The normalized spacial score (nSPS) is 10.4. The van der Waals surface area contributed by atoms with Gasteiger partial charge in [0.15, 0.2) is 0 Å². The van der Waals surface area contributed by atoms with Gasteiger partial charge in [-0.15, -0.1) is 0 Å². The molecule has 0 aromatic heterocycles. The molecule has 0 fully saturated rings. The third-order valence-corrected chi connectivity index (χ3v) is 3.40. The van der Waals surface area contributed by atoms with Crippen LogP contribution in [0, 0.1) is 0 Å². The Morgan fingerprint density at radius 1 is 0.909 bits per heavy atom. The van der Waals surface area contributed by atoms with Crippen LogP contribution < -0.4 is 16.4 Å². The van der Waals surface area contributed by atoms with Crippen LogP contribution in [0.3, 0.4) is 0 Å². The van der Waals surface area contributed by atoms with Gasteiger partial charge in [-0.3, -0.25) is 9.59 Å². The number of amides is 2. The number of fused-ring (bicyclic) bond motifs is 1. The van der Waals surface area contributed by atoms with Gasteiger partial charge in [0.2, 0.25) is 11.8 Å². The molecule has 5 nitrogen and oxygen atoms in total. The number of nitrogens with two attached hydrogens (primary N) is 1. The van der Waals surface area contributed by atoms with E-state index in [1.54, 1.807) is 0 Å². The lowest BCUT2D eigenvalue weighted by molar-refractivity contribution is -0.122. The Labute approximate surface area is 129 Å². The summed E-state index contributed by atoms with van der Waals surface area (Å²) in [7, 11) is 0. The van der Waals surface area contributed by atoms with Gasteiger partial charge in [0.25, 0.3) is 0 Å². The second kappa shape index (κ2) is 8.14. The van der Waals surface area contributed by atoms with Crippen LogP contribution in [0.15, 0.2) is 42.5 Å². The molecule has 0 unspecified atom stereocenters. The van der Waals surface area contributed by atoms with Crippen LogP contribution >= 0.6 is 0 Å². The van der Waals surface area contributed by atoms with E-state index in [1.807, 2.05) is 42.5 Å². The van der Waals surface area contributed by atoms with Crippen molar-refractivity contribution in [1.29, 1.82) is 0 Å². The predicted octanol–water partition coefficient (Wildman–Crippen LogP) is 1.31. The minimum atomic E-state index is -0.121. The van der Waals surface area contributed by atoms with E-state index in [2.05, 4.69) is 10.6 Å². The summed E-state index contributed by atoms with van der Waals surface area (Å²) in [6, 6.07) is 14.1. The third kappa shape index (κ3) is 4.56. The van der Waals surface area contributed by atoms with Crippen molar-refractivity contribution >= 4 is 22.6 Å². The van der Waals surface area contributed by atoms with E-state index >= 15 is 0 Å². The number of rotatable bonds is 7. The molecule has 0 aliphatic rings. The highest BCUT2D eigenvalue weighted by atomic mass is 16.2. The SMILES string of the molecule is NCCC(=O)NCCC(=O)NCc1cccc2ccccc12. The summed E-state index contributed by atoms with van der Waals surface area (Å²) in [6.45, 7) is 1.14. The van der Waals surface area contributed by atoms with E-state index in [0.29, 0.717) is 19.6 Å². The highest BCUT2D eigenvalue weighted by Gasteiger charge is 2.05. The molecule has 0 aliphatic carbocycles. The largest absolute Gasteiger partial charge is 0.356 e. The van der Waals surface area contributed by atoms with Gasteiger partial charge >= 0.3 is 0 Å². The molecular weight excluding hydrogens is 278 g/mol. The molecule has 22 heavy (non-hydrogen) atoms. The van der Waals surface area contributed by atoms with E-state index in [1.165, 1.54) is 0 Å². The lowest BCUT2D eigenvalue weighted by atomic mass is 10.0. The zero-order chi connectivity index (χ0) is 15.8. The maximum Gasteiger partial charge on any atom is 0.222 e. The van der Waals surface area contributed by atoms with Crippen LogP contribution in [0.5, 0.6) is 0 Å². The fraction of sp³-hybridized carbons (Fsp3) is 0.294. The molecule has 2 aromatic carbocycles. The summed E-state index contributed by atoms with van der Waals surface area (Å²) in [4.78, 5) is 23.0. The molecule has 2 aromatic rings. The quantitative estimate of drug-likeness (QED) is 0.721. The van der Waals surface area contributed by atoms with Gasteiger partial charge in [0.05, 0.1) is 0 Å². The Hall–Kier alpha value is -2.40. The first kappa shape index (κ1) is 16.0. The van der Waals surface area contributed by atoms with Crippen LogP contribution in [-0.2, 0) is 16.1 Å². The highest BCUT2D eigenvalue weighted by molar-refractivity contribution is 5.86. The second-order valence-corrected chi connectivity index (χ2v) is 5.05. The first-order valence-electron chi connectivity index (χ1n) is 7.41. The first-order valence-corrected chi connectivity index (χ1v) is 7.41. The van der Waals surface area contributed by atoms with Crippen molar-refractivity contribution in [2.75, 3.05) is 13.1 Å². The van der Waals surface area contributed by atoms with Crippen LogP contribution in [0.25, 0.3) is 10.8 Å². The van der Waals surface area contributed by atoms with Gasteiger partial charge in [0, 0.05) is 32.5 Å². The number of carbonyl (C=O) groups is 2. The Kier molecular flexibility index (Phi) is 5.91. The van der Waals surface area contributed by atoms with E-state index in [4.69, 9.17) is 5.73 Å². The van der Waals surface area contributed by atoms with Gasteiger partial charge < -0.3 is 16.4 Å².